The minimum absolute atomic E-state index is 0.00474. The number of methoxy groups -OCH3 is 1. The number of carbonyl (C=O) groups excluding carboxylic acids is 2. The molecule has 0 spiro atoms. The van der Waals surface area contributed by atoms with Gasteiger partial charge < -0.3 is 9.47 Å². The van der Waals surface area contributed by atoms with Crippen LogP contribution in [0.5, 0.6) is 5.75 Å². The molecule has 0 unspecified atom stereocenters. The smallest absolute Gasteiger partial charge is 0.359 e. The molecule has 1 aromatic carbocycles. The number of carbonyl (C=O) groups is 2. The minimum atomic E-state index is -0.481. The van der Waals surface area contributed by atoms with Crippen molar-refractivity contribution in [3.63, 3.8) is 0 Å². The van der Waals surface area contributed by atoms with Crippen molar-refractivity contribution in [1.29, 1.82) is 0 Å². The van der Waals surface area contributed by atoms with E-state index >= 15 is 0 Å². The molecule has 0 radical (unpaired) electrons. The molecule has 1 aromatic heterocycles. The largest absolute Gasteiger partial charge is 0.497 e. The maximum atomic E-state index is 12.4. The Kier molecular flexibility index (Phi) is 4.14. The monoisotopic (exact) mass is 314 g/mol. The molecule has 1 heterocycles. The van der Waals surface area contributed by atoms with Crippen LogP contribution in [0, 0.1) is 0 Å². The van der Waals surface area contributed by atoms with Gasteiger partial charge in [0.25, 0.3) is 0 Å². The fourth-order valence-electron chi connectivity index (χ4n) is 2.79. The van der Waals surface area contributed by atoms with Crippen molar-refractivity contribution in [2.45, 2.75) is 26.2 Å². The van der Waals surface area contributed by atoms with Crippen molar-refractivity contribution in [3.05, 3.63) is 41.2 Å². The van der Waals surface area contributed by atoms with Gasteiger partial charge in [-0.05, 0) is 44.0 Å². The molecule has 6 heteroatoms. The molecule has 0 fully saturated rings. The molecule has 3 rings (SSSR count). The van der Waals surface area contributed by atoms with Crippen LogP contribution in [0.1, 0.15) is 46.3 Å². The Bertz CT molecular complexity index is 747. The Morgan fingerprint density at radius 1 is 1.26 bits per heavy atom. The summed E-state index contributed by atoms with van der Waals surface area (Å²) < 4.78 is 11.8. The number of hydrogen-bond donors (Lipinski definition) is 0. The zero-order chi connectivity index (χ0) is 16.4. The summed E-state index contributed by atoms with van der Waals surface area (Å²) in [5.74, 6) is 0.238. The molecule has 6 nitrogen and oxygen atoms in total. The predicted molar refractivity (Wildman–Crippen MR) is 83.3 cm³/mol. The standard InChI is InChI=1S/C17H18N2O4/c1-3-23-17(21)15-13-5-4-6-14(20)16(13)19(18-15)11-7-9-12(22-2)10-8-11/h7-10H,3-6H2,1-2H3. The molecule has 1 aliphatic carbocycles. The lowest BCUT2D eigenvalue weighted by molar-refractivity contribution is 0.0517. The summed E-state index contributed by atoms with van der Waals surface area (Å²) in [6, 6.07) is 7.20. The maximum absolute atomic E-state index is 12.4. The minimum Gasteiger partial charge on any atom is -0.497 e. The number of aromatic nitrogens is 2. The van der Waals surface area contributed by atoms with Gasteiger partial charge in [0.1, 0.15) is 11.4 Å². The Labute approximate surface area is 134 Å². The normalized spacial score (nSPS) is 13.6. The van der Waals surface area contributed by atoms with Crippen LogP contribution >= 0.6 is 0 Å². The third-order valence-electron chi connectivity index (χ3n) is 3.86. The first-order valence-electron chi connectivity index (χ1n) is 7.62. The molecule has 2 aromatic rings. The Hall–Kier alpha value is -2.63. The Morgan fingerprint density at radius 2 is 2.00 bits per heavy atom. The lowest BCUT2D eigenvalue weighted by Gasteiger charge is -2.13. The number of esters is 1. The van der Waals surface area contributed by atoms with Gasteiger partial charge in [-0.1, -0.05) is 0 Å². The average molecular weight is 314 g/mol. The number of hydrogen-bond acceptors (Lipinski definition) is 5. The van der Waals surface area contributed by atoms with Crippen LogP contribution < -0.4 is 4.74 Å². The number of fused-ring (bicyclic) bond motifs is 1. The number of nitrogens with zero attached hydrogens (tertiary/aromatic N) is 2. The highest BCUT2D eigenvalue weighted by molar-refractivity contribution is 6.01. The molecule has 0 saturated carbocycles. The summed E-state index contributed by atoms with van der Waals surface area (Å²) in [7, 11) is 1.59. The van der Waals surface area contributed by atoms with Gasteiger partial charge in [-0.2, -0.15) is 5.10 Å². The van der Waals surface area contributed by atoms with Gasteiger partial charge in [-0.25, -0.2) is 9.48 Å². The summed E-state index contributed by atoms with van der Waals surface area (Å²) in [5, 5.41) is 4.37. The van der Waals surface area contributed by atoms with Crippen LogP contribution in [0.25, 0.3) is 5.69 Å². The van der Waals surface area contributed by atoms with E-state index in [1.54, 1.807) is 30.8 Å². The molecular weight excluding hydrogens is 296 g/mol. The van der Waals surface area contributed by atoms with Crippen molar-refractivity contribution in [3.8, 4) is 11.4 Å². The van der Waals surface area contributed by atoms with Crippen molar-refractivity contribution in [2.24, 2.45) is 0 Å². The molecule has 0 N–H and O–H groups in total. The molecular formula is C17H18N2O4. The molecule has 120 valence electrons. The number of rotatable bonds is 4. The highest BCUT2D eigenvalue weighted by Gasteiger charge is 2.30. The fraction of sp³-hybridized carbons (Fsp3) is 0.353. The van der Waals surface area contributed by atoms with E-state index in [4.69, 9.17) is 9.47 Å². The third kappa shape index (κ3) is 2.72. The van der Waals surface area contributed by atoms with E-state index in [-0.39, 0.29) is 18.1 Å². The van der Waals surface area contributed by atoms with Gasteiger partial charge in [-0.15, -0.1) is 0 Å². The van der Waals surface area contributed by atoms with Crippen LogP contribution in [0.4, 0.5) is 0 Å². The summed E-state index contributed by atoms with van der Waals surface area (Å²) >= 11 is 0. The summed E-state index contributed by atoms with van der Waals surface area (Å²) in [4.78, 5) is 24.5. The first-order valence-corrected chi connectivity index (χ1v) is 7.62. The summed E-state index contributed by atoms with van der Waals surface area (Å²) in [6.45, 7) is 2.02. The quantitative estimate of drug-likeness (QED) is 0.811. The molecule has 23 heavy (non-hydrogen) atoms. The van der Waals surface area contributed by atoms with E-state index in [9.17, 15) is 9.59 Å². The van der Waals surface area contributed by atoms with Gasteiger partial charge in [0.2, 0.25) is 0 Å². The molecule has 0 saturated heterocycles. The second-order valence-corrected chi connectivity index (χ2v) is 5.28. The lowest BCUT2D eigenvalue weighted by atomic mass is 9.94. The summed E-state index contributed by atoms with van der Waals surface area (Å²) in [5.41, 5.74) is 2.14. The van der Waals surface area contributed by atoms with Crippen LogP contribution in [-0.2, 0) is 11.2 Å². The van der Waals surface area contributed by atoms with E-state index in [0.29, 0.717) is 35.5 Å². The first-order chi connectivity index (χ1) is 11.2. The number of benzene rings is 1. The number of ether oxygens (including phenoxy) is 2. The molecule has 0 aliphatic heterocycles. The molecule has 0 amide bonds. The van der Waals surface area contributed by atoms with E-state index in [0.717, 1.165) is 6.42 Å². The van der Waals surface area contributed by atoms with E-state index in [1.165, 1.54) is 0 Å². The molecule has 1 aliphatic rings. The Morgan fingerprint density at radius 3 is 2.65 bits per heavy atom. The Balaban J connectivity index is 2.12. The fourth-order valence-corrected chi connectivity index (χ4v) is 2.79. The zero-order valence-electron chi connectivity index (χ0n) is 13.2. The van der Waals surface area contributed by atoms with E-state index in [2.05, 4.69) is 5.10 Å². The second kappa shape index (κ2) is 6.24. The van der Waals surface area contributed by atoms with Crippen LogP contribution in [0.15, 0.2) is 24.3 Å². The number of ketones is 1. The highest BCUT2D eigenvalue weighted by atomic mass is 16.5. The van der Waals surface area contributed by atoms with Gasteiger partial charge in [0.15, 0.2) is 11.5 Å². The van der Waals surface area contributed by atoms with Gasteiger partial charge in [0, 0.05) is 12.0 Å². The molecule has 0 atom stereocenters. The number of Topliss-reactive ketones (excluding diaryl/α,β-unsaturated/α-hetero) is 1. The SMILES string of the molecule is CCOC(=O)c1nn(-c2ccc(OC)cc2)c2c1CCCC2=O. The van der Waals surface area contributed by atoms with Gasteiger partial charge in [-0.3, -0.25) is 4.79 Å². The van der Waals surface area contributed by atoms with Crippen molar-refractivity contribution in [2.75, 3.05) is 13.7 Å². The predicted octanol–water partition coefficient (Wildman–Crippen LogP) is 2.58. The van der Waals surface area contributed by atoms with E-state index in [1.807, 2.05) is 12.1 Å². The highest BCUT2D eigenvalue weighted by Crippen LogP contribution is 2.28. The second-order valence-electron chi connectivity index (χ2n) is 5.28. The topological polar surface area (TPSA) is 70.4 Å². The van der Waals surface area contributed by atoms with Crippen LogP contribution in [0.3, 0.4) is 0 Å². The van der Waals surface area contributed by atoms with Crippen LogP contribution in [0.2, 0.25) is 0 Å². The third-order valence-corrected chi connectivity index (χ3v) is 3.86. The first kappa shape index (κ1) is 15.3. The van der Waals surface area contributed by atoms with Gasteiger partial charge >= 0.3 is 5.97 Å². The average Bonchev–Trinajstić information content (AvgIpc) is 2.96. The zero-order valence-corrected chi connectivity index (χ0v) is 13.2. The van der Waals surface area contributed by atoms with E-state index < -0.39 is 5.97 Å². The van der Waals surface area contributed by atoms with Crippen LogP contribution in [-0.4, -0.2) is 35.2 Å². The van der Waals surface area contributed by atoms with Gasteiger partial charge in [0.05, 0.1) is 19.4 Å². The lowest BCUT2D eigenvalue weighted by Crippen LogP contribution is -2.15. The van der Waals surface area contributed by atoms with Crippen molar-refractivity contribution in [1.82, 2.24) is 9.78 Å². The van der Waals surface area contributed by atoms with Crippen molar-refractivity contribution < 1.29 is 19.1 Å². The van der Waals surface area contributed by atoms with Crippen molar-refractivity contribution >= 4 is 11.8 Å². The summed E-state index contributed by atoms with van der Waals surface area (Å²) in [6.07, 6.45) is 1.86. The maximum Gasteiger partial charge on any atom is 0.359 e. The molecule has 0 bridgehead atoms.